The van der Waals surface area contributed by atoms with Crippen LogP contribution in [0.5, 0.6) is 0 Å². The first-order valence-corrected chi connectivity index (χ1v) is 11.6. The molecule has 0 saturated heterocycles. The number of aromatic nitrogens is 1. The topological polar surface area (TPSA) is 17.0 Å². The summed E-state index contributed by atoms with van der Waals surface area (Å²) in [5.74, 6) is 0. The molecule has 0 bridgehead atoms. The Bertz CT molecular complexity index is 1510. The van der Waals surface area contributed by atoms with Gasteiger partial charge in [0.05, 0.1) is 5.56 Å². The van der Waals surface area contributed by atoms with Crippen LogP contribution in [-0.4, -0.2) is 0 Å². The van der Waals surface area contributed by atoms with Crippen LogP contribution in [0.15, 0.2) is 71.3 Å². The van der Waals surface area contributed by atoms with Crippen molar-refractivity contribution in [2.24, 2.45) is 7.05 Å². The number of rotatable bonds is 2. The maximum absolute atomic E-state index is 6.77. The zero-order chi connectivity index (χ0) is 21.8. The van der Waals surface area contributed by atoms with E-state index in [0.29, 0.717) is 0 Å². The van der Waals surface area contributed by atoms with Crippen LogP contribution in [-0.2, 0) is 19.9 Å². The Morgan fingerprint density at radius 3 is 2.16 bits per heavy atom. The molecule has 2 heterocycles. The monoisotopic (exact) mass is 418 g/mol. The molecular weight excluding hydrogens is 390 g/mol. The maximum Gasteiger partial charge on any atom is 0.216 e. The van der Waals surface area contributed by atoms with Gasteiger partial charge in [0.2, 0.25) is 5.69 Å². The van der Waals surface area contributed by atoms with Crippen molar-refractivity contribution in [2.45, 2.75) is 39.5 Å². The highest BCUT2D eigenvalue weighted by atomic mass is 16.3. The number of pyridine rings is 1. The Kier molecular flexibility index (Phi) is 4.43. The lowest BCUT2D eigenvalue weighted by molar-refractivity contribution is -0.660. The SMILES string of the molecule is Cc1ccc2c(oc3c(-c4cccc[n+]4C)c(C)ccc32)c1-c1ccc2c(c1)CCCC2. The van der Waals surface area contributed by atoms with E-state index in [9.17, 15) is 0 Å². The van der Waals surface area contributed by atoms with Gasteiger partial charge >= 0.3 is 0 Å². The third-order valence-corrected chi connectivity index (χ3v) is 7.17. The summed E-state index contributed by atoms with van der Waals surface area (Å²) in [5, 5.41) is 2.38. The van der Waals surface area contributed by atoms with Gasteiger partial charge in [0, 0.05) is 28.5 Å². The number of hydrogen-bond donors (Lipinski definition) is 0. The van der Waals surface area contributed by atoms with E-state index in [2.05, 4.69) is 92.3 Å². The molecule has 0 fully saturated rings. The van der Waals surface area contributed by atoms with E-state index in [0.717, 1.165) is 11.2 Å². The number of hydrogen-bond acceptors (Lipinski definition) is 1. The highest BCUT2D eigenvalue weighted by Crippen LogP contribution is 2.42. The molecule has 0 radical (unpaired) electrons. The maximum atomic E-state index is 6.77. The molecule has 6 rings (SSSR count). The molecular formula is C30H28NO+. The summed E-state index contributed by atoms with van der Waals surface area (Å²) >= 11 is 0. The van der Waals surface area contributed by atoms with Gasteiger partial charge in [-0.2, -0.15) is 0 Å². The molecule has 158 valence electrons. The van der Waals surface area contributed by atoms with Gasteiger partial charge in [-0.25, -0.2) is 4.57 Å². The number of fused-ring (bicyclic) bond motifs is 4. The Morgan fingerprint density at radius 2 is 1.41 bits per heavy atom. The van der Waals surface area contributed by atoms with Gasteiger partial charge in [0.25, 0.3) is 0 Å². The van der Waals surface area contributed by atoms with E-state index in [-0.39, 0.29) is 0 Å². The average Bonchev–Trinajstić information content (AvgIpc) is 3.17. The summed E-state index contributed by atoms with van der Waals surface area (Å²) in [4.78, 5) is 0. The molecule has 32 heavy (non-hydrogen) atoms. The molecule has 0 N–H and O–H groups in total. The van der Waals surface area contributed by atoms with Crippen LogP contribution in [0.25, 0.3) is 44.3 Å². The first kappa shape index (κ1) is 19.3. The Labute approximate surface area is 189 Å². The summed E-state index contributed by atoms with van der Waals surface area (Å²) in [5.41, 5.74) is 12.3. The third kappa shape index (κ3) is 2.90. The van der Waals surface area contributed by atoms with Gasteiger partial charge in [-0.05, 0) is 73.4 Å². The Morgan fingerprint density at radius 1 is 0.719 bits per heavy atom. The van der Waals surface area contributed by atoms with Crippen molar-refractivity contribution >= 4 is 21.9 Å². The Balaban J connectivity index is 1.66. The van der Waals surface area contributed by atoms with Crippen LogP contribution in [0.3, 0.4) is 0 Å². The Hall–Kier alpha value is -3.39. The summed E-state index contributed by atoms with van der Waals surface area (Å²) in [6, 6.07) is 22.3. The number of furan rings is 1. The molecule has 1 aliphatic carbocycles. The van der Waals surface area contributed by atoms with Crippen LogP contribution in [0.2, 0.25) is 0 Å². The third-order valence-electron chi connectivity index (χ3n) is 7.17. The average molecular weight is 419 g/mol. The molecule has 3 aromatic carbocycles. The van der Waals surface area contributed by atoms with Crippen LogP contribution < -0.4 is 4.57 Å². The number of aryl methyl sites for hydroxylation is 5. The second-order valence-corrected chi connectivity index (χ2v) is 9.26. The normalized spacial score (nSPS) is 13.6. The van der Waals surface area contributed by atoms with Crippen molar-refractivity contribution in [3.05, 3.63) is 89.1 Å². The van der Waals surface area contributed by atoms with Crippen molar-refractivity contribution in [3.8, 4) is 22.4 Å². The van der Waals surface area contributed by atoms with Crippen LogP contribution in [0, 0.1) is 13.8 Å². The zero-order valence-corrected chi connectivity index (χ0v) is 19.0. The van der Waals surface area contributed by atoms with Crippen LogP contribution >= 0.6 is 0 Å². The molecule has 0 saturated carbocycles. The molecule has 0 amide bonds. The summed E-state index contributed by atoms with van der Waals surface area (Å²) in [6.45, 7) is 4.37. The van der Waals surface area contributed by atoms with E-state index >= 15 is 0 Å². The van der Waals surface area contributed by atoms with E-state index in [1.807, 2.05) is 0 Å². The lowest BCUT2D eigenvalue weighted by atomic mass is 9.88. The van der Waals surface area contributed by atoms with E-state index in [1.54, 1.807) is 0 Å². The van der Waals surface area contributed by atoms with E-state index < -0.39 is 0 Å². The van der Waals surface area contributed by atoms with Crippen molar-refractivity contribution in [2.75, 3.05) is 0 Å². The number of benzene rings is 3. The van der Waals surface area contributed by atoms with Gasteiger partial charge in [-0.1, -0.05) is 42.5 Å². The predicted octanol–water partition coefficient (Wildman–Crippen LogP) is 7.24. The fourth-order valence-corrected chi connectivity index (χ4v) is 5.45. The molecule has 2 nitrogen and oxygen atoms in total. The lowest BCUT2D eigenvalue weighted by Gasteiger charge is -2.17. The van der Waals surface area contributed by atoms with Crippen LogP contribution in [0.4, 0.5) is 0 Å². The standard InChI is InChI=1S/C30H28NO/c1-19-11-15-24-25-16-12-20(2)28(26-10-6-7-17-31(26)3)30(25)32-29(24)27(19)23-14-13-21-8-4-5-9-22(21)18-23/h6-7,10-18H,4-5,8-9H2,1-3H3/q+1. The molecule has 0 unspecified atom stereocenters. The minimum Gasteiger partial charge on any atom is -0.454 e. The largest absolute Gasteiger partial charge is 0.454 e. The smallest absolute Gasteiger partial charge is 0.216 e. The zero-order valence-electron chi connectivity index (χ0n) is 19.0. The van der Waals surface area contributed by atoms with Crippen molar-refractivity contribution in [3.63, 3.8) is 0 Å². The summed E-state index contributed by atoms with van der Waals surface area (Å²) in [7, 11) is 2.10. The summed E-state index contributed by atoms with van der Waals surface area (Å²) in [6.07, 6.45) is 7.09. The van der Waals surface area contributed by atoms with E-state index in [1.165, 1.54) is 81.1 Å². The van der Waals surface area contributed by atoms with Crippen LogP contribution in [0.1, 0.15) is 35.1 Å². The van der Waals surface area contributed by atoms with Gasteiger partial charge in [0.15, 0.2) is 6.20 Å². The minimum atomic E-state index is 0.978. The van der Waals surface area contributed by atoms with Gasteiger partial charge in [-0.15, -0.1) is 0 Å². The van der Waals surface area contributed by atoms with Crippen molar-refractivity contribution in [1.29, 1.82) is 0 Å². The fraction of sp³-hybridized carbons (Fsp3) is 0.233. The molecule has 0 atom stereocenters. The number of nitrogens with zero attached hydrogens (tertiary/aromatic N) is 1. The lowest BCUT2D eigenvalue weighted by Crippen LogP contribution is -2.30. The highest BCUT2D eigenvalue weighted by molar-refractivity contribution is 6.13. The quantitative estimate of drug-likeness (QED) is 0.276. The second kappa shape index (κ2) is 7.34. The molecule has 5 aromatic rings. The first-order chi connectivity index (χ1) is 15.6. The van der Waals surface area contributed by atoms with Gasteiger partial charge in [-0.3, -0.25) is 0 Å². The second-order valence-electron chi connectivity index (χ2n) is 9.26. The summed E-state index contributed by atoms with van der Waals surface area (Å²) < 4.78 is 8.94. The van der Waals surface area contributed by atoms with Gasteiger partial charge in [0.1, 0.15) is 18.2 Å². The van der Waals surface area contributed by atoms with Gasteiger partial charge < -0.3 is 4.42 Å². The first-order valence-electron chi connectivity index (χ1n) is 11.6. The predicted molar refractivity (Wildman–Crippen MR) is 132 cm³/mol. The van der Waals surface area contributed by atoms with Crippen molar-refractivity contribution in [1.82, 2.24) is 0 Å². The van der Waals surface area contributed by atoms with Crippen molar-refractivity contribution < 1.29 is 8.98 Å². The highest BCUT2D eigenvalue weighted by Gasteiger charge is 2.22. The molecule has 1 aliphatic rings. The van der Waals surface area contributed by atoms with E-state index in [4.69, 9.17) is 4.42 Å². The minimum absolute atomic E-state index is 0.978. The molecule has 2 aromatic heterocycles. The molecule has 2 heteroatoms. The molecule has 0 spiro atoms. The molecule has 0 aliphatic heterocycles. The fourth-order valence-electron chi connectivity index (χ4n) is 5.45.